The number of amides is 1. The number of nitrogens with one attached hydrogen (secondary N) is 1. The molecule has 0 aliphatic heterocycles. The highest BCUT2D eigenvalue weighted by molar-refractivity contribution is 6.04. The lowest BCUT2D eigenvalue weighted by atomic mass is 10.1. The Hall–Kier alpha value is -2.44. The first-order valence-corrected chi connectivity index (χ1v) is 7.78. The number of carbonyl (C=O) groups is 2. The van der Waals surface area contributed by atoms with Crippen LogP contribution in [0.25, 0.3) is 11.0 Å². The van der Waals surface area contributed by atoms with Crippen LogP contribution in [0, 0.1) is 6.92 Å². The van der Waals surface area contributed by atoms with E-state index < -0.39 is 5.97 Å². The van der Waals surface area contributed by atoms with Crippen LogP contribution in [-0.2, 0) is 16.1 Å². The molecule has 7 heteroatoms. The van der Waals surface area contributed by atoms with E-state index in [-0.39, 0.29) is 12.5 Å². The third-order valence-electron chi connectivity index (χ3n) is 3.97. The predicted octanol–water partition coefficient (Wildman–Crippen LogP) is 1.54. The van der Waals surface area contributed by atoms with Gasteiger partial charge < -0.3 is 10.1 Å². The van der Waals surface area contributed by atoms with Gasteiger partial charge in [-0.3, -0.25) is 4.79 Å². The standard InChI is InChI=1S/C16H20N4O3/c1-4-17-13(21)8-20-15-14(9(2)19-20)11(16(22)23-3)7-12(18-15)10-5-6-10/h7,10H,4-6,8H2,1-3H3,(H,17,21). The van der Waals surface area contributed by atoms with Crippen molar-refractivity contribution in [1.82, 2.24) is 20.1 Å². The molecule has 1 N–H and O–H groups in total. The first-order chi connectivity index (χ1) is 11.0. The highest BCUT2D eigenvalue weighted by Crippen LogP contribution is 2.40. The molecule has 0 unspecified atom stereocenters. The summed E-state index contributed by atoms with van der Waals surface area (Å²) in [6.45, 7) is 4.32. The summed E-state index contributed by atoms with van der Waals surface area (Å²) in [6.07, 6.45) is 2.14. The van der Waals surface area contributed by atoms with Gasteiger partial charge in [-0.25, -0.2) is 14.5 Å². The van der Waals surface area contributed by atoms with Crippen molar-refractivity contribution in [2.24, 2.45) is 0 Å². The molecule has 2 aromatic rings. The molecule has 0 aromatic carbocycles. The molecule has 1 aliphatic rings. The molecule has 1 saturated carbocycles. The molecule has 3 rings (SSSR count). The SMILES string of the molecule is CCNC(=O)Cn1nc(C)c2c(C(=O)OC)cc(C3CC3)nc21. The van der Waals surface area contributed by atoms with Gasteiger partial charge in [0.1, 0.15) is 6.54 Å². The van der Waals surface area contributed by atoms with Crippen LogP contribution in [-0.4, -0.2) is 40.3 Å². The van der Waals surface area contributed by atoms with Gasteiger partial charge >= 0.3 is 5.97 Å². The smallest absolute Gasteiger partial charge is 0.338 e. The lowest BCUT2D eigenvalue weighted by Crippen LogP contribution is -2.27. The first-order valence-electron chi connectivity index (χ1n) is 7.78. The number of hydrogen-bond acceptors (Lipinski definition) is 5. The number of likely N-dealkylation sites (N-methyl/N-ethyl adjacent to an activating group) is 1. The molecule has 2 aromatic heterocycles. The van der Waals surface area contributed by atoms with Crippen LogP contribution in [0.15, 0.2) is 6.07 Å². The van der Waals surface area contributed by atoms with Gasteiger partial charge in [0.2, 0.25) is 5.91 Å². The molecular formula is C16H20N4O3. The lowest BCUT2D eigenvalue weighted by molar-refractivity contribution is -0.121. The van der Waals surface area contributed by atoms with Gasteiger partial charge in [-0.05, 0) is 32.8 Å². The number of aryl methyl sites for hydroxylation is 1. The van der Waals surface area contributed by atoms with E-state index in [0.29, 0.717) is 34.8 Å². The summed E-state index contributed by atoms with van der Waals surface area (Å²) >= 11 is 0. The van der Waals surface area contributed by atoms with Crippen LogP contribution < -0.4 is 5.32 Å². The van der Waals surface area contributed by atoms with E-state index in [0.717, 1.165) is 18.5 Å². The maximum absolute atomic E-state index is 12.1. The number of methoxy groups -OCH3 is 1. The number of ether oxygens (including phenoxy) is 1. The Bertz CT molecular complexity index is 777. The van der Waals surface area contributed by atoms with E-state index in [2.05, 4.69) is 15.4 Å². The van der Waals surface area contributed by atoms with Crippen LogP contribution in [0.4, 0.5) is 0 Å². The molecule has 23 heavy (non-hydrogen) atoms. The van der Waals surface area contributed by atoms with Crippen molar-refractivity contribution >= 4 is 22.9 Å². The molecule has 0 saturated heterocycles. The summed E-state index contributed by atoms with van der Waals surface area (Å²) < 4.78 is 6.46. The Morgan fingerprint density at radius 2 is 2.17 bits per heavy atom. The zero-order valence-electron chi connectivity index (χ0n) is 13.5. The summed E-state index contributed by atoms with van der Waals surface area (Å²) in [7, 11) is 1.36. The minimum atomic E-state index is -0.403. The Balaban J connectivity index is 2.13. The fraction of sp³-hybridized carbons (Fsp3) is 0.500. The number of fused-ring (bicyclic) bond motifs is 1. The summed E-state index contributed by atoms with van der Waals surface area (Å²) in [4.78, 5) is 28.7. The van der Waals surface area contributed by atoms with Gasteiger partial charge in [-0.15, -0.1) is 0 Å². The summed E-state index contributed by atoms with van der Waals surface area (Å²) in [6, 6.07) is 1.80. The third kappa shape index (κ3) is 2.91. The molecule has 122 valence electrons. The minimum absolute atomic E-state index is 0.0832. The number of esters is 1. The number of pyridine rings is 1. The van der Waals surface area contributed by atoms with Crippen molar-refractivity contribution in [1.29, 1.82) is 0 Å². The van der Waals surface area contributed by atoms with Crippen LogP contribution in [0.3, 0.4) is 0 Å². The number of aromatic nitrogens is 3. The Morgan fingerprint density at radius 1 is 1.43 bits per heavy atom. The second-order valence-electron chi connectivity index (χ2n) is 5.76. The highest BCUT2D eigenvalue weighted by atomic mass is 16.5. The fourth-order valence-electron chi connectivity index (χ4n) is 2.73. The van der Waals surface area contributed by atoms with E-state index in [9.17, 15) is 9.59 Å². The van der Waals surface area contributed by atoms with Gasteiger partial charge in [0.25, 0.3) is 0 Å². The molecule has 0 radical (unpaired) electrons. The van der Waals surface area contributed by atoms with Gasteiger partial charge in [-0.1, -0.05) is 0 Å². The lowest BCUT2D eigenvalue weighted by Gasteiger charge is -2.07. The summed E-state index contributed by atoms with van der Waals surface area (Å²) in [5.74, 6) is -0.147. The maximum Gasteiger partial charge on any atom is 0.338 e. The van der Waals surface area contributed by atoms with Crippen LogP contribution >= 0.6 is 0 Å². The van der Waals surface area contributed by atoms with Crippen molar-refractivity contribution in [3.63, 3.8) is 0 Å². The number of carbonyl (C=O) groups excluding carboxylic acids is 2. The first kappa shape index (κ1) is 15.5. The minimum Gasteiger partial charge on any atom is -0.465 e. The molecule has 7 nitrogen and oxygen atoms in total. The molecule has 1 amide bonds. The van der Waals surface area contributed by atoms with Crippen molar-refractivity contribution < 1.29 is 14.3 Å². The molecule has 1 aliphatic carbocycles. The van der Waals surface area contributed by atoms with Crippen molar-refractivity contribution in [2.75, 3.05) is 13.7 Å². The number of hydrogen-bond donors (Lipinski definition) is 1. The van der Waals surface area contributed by atoms with Crippen LogP contribution in [0.1, 0.15) is 47.4 Å². The van der Waals surface area contributed by atoms with E-state index in [4.69, 9.17) is 4.74 Å². The molecule has 0 spiro atoms. The quantitative estimate of drug-likeness (QED) is 0.846. The number of rotatable bonds is 5. The maximum atomic E-state index is 12.1. The normalized spacial score (nSPS) is 14.0. The van der Waals surface area contributed by atoms with Crippen molar-refractivity contribution in [3.05, 3.63) is 23.0 Å². The Morgan fingerprint density at radius 3 is 2.78 bits per heavy atom. The molecule has 1 fully saturated rings. The molecule has 2 heterocycles. The van der Waals surface area contributed by atoms with Gasteiger partial charge in [-0.2, -0.15) is 5.10 Å². The van der Waals surface area contributed by atoms with Gasteiger partial charge in [0, 0.05) is 18.2 Å². The van der Waals surface area contributed by atoms with Crippen molar-refractivity contribution in [2.45, 2.75) is 39.2 Å². The van der Waals surface area contributed by atoms with E-state index >= 15 is 0 Å². The van der Waals surface area contributed by atoms with Crippen molar-refractivity contribution in [3.8, 4) is 0 Å². The van der Waals surface area contributed by atoms with E-state index in [1.165, 1.54) is 7.11 Å². The second kappa shape index (κ2) is 5.98. The monoisotopic (exact) mass is 316 g/mol. The number of nitrogens with zero attached hydrogens (tertiary/aromatic N) is 3. The van der Waals surface area contributed by atoms with Gasteiger partial charge in [0.15, 0.2) is 5.65 Å². The topological polar surface area (TPSA) is 86.1 Å². The van der Waals surface area contributed by atoms with E-state index in [1.54, 1.807) is 10.7 Å². The highest BCUT2D eigenvalue weighted by Gasteiger charge is 2.29. The molecular weight excluding hydrogens is 296 g/mol. The fourth-order valence-corrected chi connectivity index (χ4v) is 2.73. The zero-order valence-corrected chi connectivity index (χ0v) is 13.5. The van der Waals surface area contributed by atoms with Crippen LogP contribution in [0.2, 0.25) is 0 Å². The molecule has 0 atom stereocenters. The van der Waals surface area contributed by atoms with Crippen LogP contribution in [0.5, 0.6) is 0 Å². The third-order valence-corrected chi connectivity index (χ3v) is 3.97. The molecule has 0 bridgehead atoms. The Kier molecular flexibility index (Phi) is 4.02. The summed E-state index contributed by atoms with van der Waals surface area (Å²) in [5, 5.41) is 7.80. The average molecular weight is 316 g/mol. The largest absolute Gasteiger partial charge is 0.465 e. The van der Waals surface area contributed by atoms with E-state index in [1.807, 2.05) is 13.8 Å². The summed E-state index contributed by atoms with van der Waals surface area (Å²) in [5.41, 5.74) is 2.58. The average Bonchev–Trinajstić information content (AvgIpc) is 3.33. The zero-order chi connectivity index (χ0) is 16.6. The Labute approximate surface area is 134 Å². The second-order valence-corrected chi connectivity index (χ2v) is 5.76. The predicted molar refractivity (Wildman–Crippen MR) is 84.3 cm³/mol. The van der Waals surface area contributed by atoms with Gasteiger partial charge in [0.05, 0.1) is 23.8 Å².